The maximum absolute atomic E-state index is 14.7. The van der Waals surface area contributed by atoms with Gasteiger partial charge in [-0.1, -0.05) is 25.7 Å². The molecule has 0 atom stereocenters. The summed E-state index contributed by atoms with van der Waals surface area (Å²) in [4.78, 5) is 24.1. The van der Waals surface area contributed by atoms with Crippen LogP contribution >= 0.6 is 8.19 Å². The molecule has 0 N–H and O–H groups in total. The van der Waals surface area contributed by atoms with Crippen LogP contribution in [0.4, 0.5) is 27.8 Å². The Labute approximate surface area is 205 Å². The van der Waals surface area contributed by atoms with Gasteiger partial charge in [0.1, 0.15) is 5.55 Å². The number of amides is 1. The zero-order valence-electron chi connectivity index (χ0n) is 19.2. The zero-order valence-corrected chi connectivity index (χ0v) is 20.1. The molecule has 0 saturated heterocycles. The lowest BCUT2D eigenvalue weighted by Crippen LogP contribution is -2.39. The highest BCUT2D eigenvalue weighted by Crippen LogP contribution is 2.40. The van der Waals surface area contributed by atoms with E-state index in [2.05, 4.69) is 0 Å². The van der Waals surface area contributed by atoms with E-state index in [4.69, 9.17) is 9.97 Å². The molecule has 0 unspecified atom stereocenters. The minimum absolute atomic E-state index is 0.233. The van der Waals surface area contributed by atoms with Gasteiger partial charge < -0.3 is 0 Å². The number of anilines is 1. The summed E-state index contributed by atoms with van der Waals surface area (Å²) in [6, 6.07) is 3.11. The second-order valence-corrected chi connectivity index (χ2v) is 10.8. The van der Waals surface area contributed by atoms with E-state index in [-0.39, 0.29) is 16.9 Å². The molecule has 2 aliphatic carbocycles. The summed E-state index contributed by atoms with van der Waals surface area (Å²) >= 11 is 0. The Balaban J connectivity index is 1.48. The van der Waals surface area contributed by atoms with Crippen LogP contribution in [0.5, 0.6) is 0 Å². The van der Waals surface area contributed by atoms with Gasteiger partial charge in [-0.15, -0.1) is 0 Å². The molecule has 0 radical (unpaired) electrons. The van der Waals surface area contributed by atoms with Crippen molar-refractivity contribution in [1.82, 2.24) is 9.97 Å². The van der Waals surface area contributed by atoms with E-state index in [0.717, 1.165) is 36.5 Å². The Hall–Kier alpha value is -2.93. The third-order valence-corrected chi connectivity index (χ3v) is 8.54. The average molecular weight is 517 g/mol. The molecule has 10 heteroatoms. The third-order valence-electron chi connectivity index (χ3n) is 7.44. The van der Waals surface area contributed by atoms with Gasteiger partial charge in [0.2, 0.25) is 5.91 Å². The Bertz CT molecular complexity index is 1420. The number of halogens is 5. The summed E-state index contributed by atoms with van der Waals surface area (Å²) in [6.07, 6.45) is 5.21. The number of carbonyl (C=O) groups excluding carboxylic acids is 1. The van der Waals surface area contributed by atoms with Gasteiger partial charge in [-0.05, 0) is 50.8 Å². The van der Waals surface area contributed by atoms with Gasteiger partial charge in [0, 0.05) is 16.7 Å². The van der Waals surface area contributed by atoms with E-state index >= 15 is 0 Å². The molecule has 3 aliphatic rings. The molecule has 186 valence electrons. The Morgan fingerprint density at radius 3 is 2.39 bits per heavy atom. The van der Waals surface area contributed by atoms with Gasteiger partial charge in [0.15, 0.2) is 29.1 Å². The summed E-state index contributed by atoms with van der Waals surface area (Å²) in [6.45, 7) is -0.466. The highest BCUT2D eigenvalue weighted by atomic mass is 31.0. The van der Waals surface area contributed by atoms with E-state index in [1.807, 2.05) is 0 Å². The van der Waals surface area contributed by atoms with Crippen LogP contribution < -0.4 is 4.90 Å². The predicted molar refractivity (Wildman–Crippen MR) is 124 cm³/mol. The molecule has 6 rings (SSSR count). The molecule has 1 saturated carbocycles. The molecule has 1 aromatic carbocycles. The smallest absolute Gasteiger partial charge is 0.233 e. The van der Waals surface area contributed by atoms with Crippen LogP contribution in [0, 0.1) is 34.7 Å². The summed E-state index contributed by atoms with van der Waals surface area (Å²) in [5.74, 6) is -6.84. The van der Waals surface area contributed by atoms with Crippen molar-refractivity contribution in [1.29, 1.82) is 0 Å². The molecule has 0 bridgehead atoms. The lowest BCUT2D eigenvalue weighted by molar-refractivity contribution is -0.118. The van der Waals surface area contributed by atoms with Crippen molar-refractivity contribution in [2.24, 2.45) is 5.92 Å². The standard InChI is InChI=1S/C26H21F5N3OP/c27-19-8-5-13-18(36-19)7-6-16-25(13)32-17(9-12-3-1-2-4-12)26(33-16)34-11-15-14(10-20(34)35)21(28)23(30)24(31)22(15)29/h5,8,12H,1-4,6-7,9-11H2. The van der Waals surface area contributed by atoms with E-state index in [0.29, 0.717) is 50.5 Å². The van der Waals surface area contributed by atoms with E-state index in [1.54, 1.807) is 6.07 Å². The van der Waals surface area contributed by atoms with Crippen molar-refractivity contribution >= 4 is 19.9 Å². The topological polar surface area (TPSA) is 46.1 Å². The minimum atomic E-state index is -1.92. The maximum atomic E-state index is 14.7. The van der Waals surface area contributed by atoms with Gasteiger partial charge in [-0.2, -0.15) is 0 Å². The van der Waals surface area contributed by atoms with Crippen LogP contribution in [-0.4, -0.2) is 15.9 Å². The molecular weight excluding hydrogens is 496 g/mol. The van der Waals surface area contributed by atoms with Crippen LogP contribution in [0.25, 0.3) is 11.3 Å². The van der Waals surface area contributed by atoms with Crippen LogP contribution in [-0.2, 0) is 37.0 Å². The number of hydrogen-bond acceptors (Lipinski definition) is 3. The quantitative estimate of drug-likeness (QED) is 0.232. The van der Waals surface area contributed by atoms with Crippen LogP contribution in [0.1, 0.15) is 53.5 Å². The fourth-order valence-corrected chi connectivity index (χ4v) is 6.53. The first-order chi connectivity index (χ1) is 17.3. The molecule has 2 aromatic heterocycles. The average Bonchev–Trinajstić information content (AvgIpc) is 3.38. The van der Waals surface area contributed by atoms with Crippen molar-refractivity contribution in [3.63, 3.8) is 0 Å². The molecule has 36 heavy (non-hydrogen) atoms. The fourth-order valence-electron chi connectivity index (χ4n) is 5.60. The fraction of sp³-hybridized carbons (Fsp3) is 0.385. The molecule has 3 aromatic rings. The van der Waals surface area contributed by atoms with Gasteiger partial charge in [0.25, 0.3) is 0 Å². The second kappa shape index (κ2) is 8.87. The van der Waals surface area contributed by atoms with Crippen molar-refractivity contribution in [2.75, 3.05) is 4.90 Å². The number of carbonyl (C=O) groups is 1. The molecule has 1 fully saturated rings. The maximum Gasteiger partial charge on any atom is 0.233 e. The monoisotopic (exact) mass is 517 g/mol. The molecule has 1 amide bonds. The highest BCUT2D eigenvalue weighted by Gasteiger charge is 2.36. The van der Waals surface area contributed by atoms with Crippen molar-refractivity contribution in [3.05, 3.63) is 68.8 Å². The third kappa shape index (κ3) is 3.79. The van der Waals surface area contributed by atoms with Gasteiger partial charge in [-0.25, -0.2) is 31.9 Å². The normalized spacial score (nSPS) is 17.5. The number of rotatable bonds is 3. The second-order valence-electron chi connectivity index (χ2n) is 9.64. The number of aromatic nitrogens is 2. The predicted octanol–water partition coefficient (Wildman–Crippen LogP) is 6.34. The molecule has 4 nitrogen and oxygen atoms in total. The van der Waals surface area contributed by atoms with Crippen molar-refractivity contribution in [3.8, 4) is 11.3 Å². The van der Waals surface area contributed by atoms with E-state index in [9.17, 15) is 26.7 Å². The number of benzene rings is 1. The van der Waals surface area contributed by atoms with Crippen LogP contribution in [0.15, 0.2) is 12.1 Å². The van der Waals surface area contributed by atoms with Gasteiger partial charge >= 0.3 is 0 Å². The summed E-state index contributed by atoms with van der Waals surface area (Å²) in [5, 5.41) is 0.925. The zero-order chi connectivity index (χ0) is 25.1. The van der Waals surface area contributed by atoms with E-state index in [1.165, 1.54) is 11.0 Å². The molecule has 3 heterocycles. The first-order valence-corrected chi connectivity index (χ1v) is 12.9. The Kier molecular flexibility index (Phi) is 5.78. The van der Waals surface area contributed by atoms with Crippen LogP contribution in [0.3, 0.4) is 0 Å². The lowest BCUT2D eigenvalue weighted by atomic mass is 9.95. The SMILES string of the molecule is O=C1Cc2c(F)c(F)c(F)c(F)c2CN1c1nc2c(nc1CC1CCCC1)-c1ccc(F)pc1CC2. The first kappa shape index (κ1) is 23.5. The Morgan fingerprint density at radius 1 is 0.917 bits per heavy atom. The molecule has 1 aliphatic heterocycles. The largest absolute Gasteiger partial charge is 0.290 e. The minimum Gasteiger partial charge on any atom is -0.290 e. The van der Waals surface area contributed by atoms with Crippen molar-refractivity contribution < 1.29 is 26.7 Å². The molecule has 0 spiro atoms. The van der Waals surface area contributed by atoms with Crippen LogP contribution in [0.2, 0.25) is 0 Å². The van der Waals surface area contributed by atoms with E-state index < -0.39 is 47.7 Å². The number of hydrogen-bond donors (Lipinski definition) is 0. The lowest BCUT2D eigenvalue weighted by Gasteiger charge is -2.31. The summed E-state index contributed by atoms with van der Waals surface area (Å²) < 4.78 is 70.7. The van der Waals surface area contributed by atoms with Gasteiger partial charge in [-0.3, -0.25) is 9.69 Å². The number of nitrogens with zero attached hydrogens (tertiary/aromatic N) is 3. The summed E-state index contributed by atoms with van der Waals surface area (Å²) in [5.41, 5.74) is 1.58. The highest BCUT2D eigenvalue weighted by molar-refractivity contribution is 7.30. The van der Waals surface area contributed by atoms with Gasteiger partial charge in [0.05, 0.1) is 30.0 Å². The molecular formula is C26H21F5N3OP. The Morgan fingerprint density at radius 2 is 1.64 bits per heavy atom. The summed E-state index contributed by atoms with van der Waals surface area (Å²) in [7, 11) is 0.515. The first-order valence-electron chi connectivity index (χ1n) is 12.0. The number of fused-ring (bicyclic) bond motifs is 4. The number of aryl methyl sites for hydroxylation is 2. The van der Waals surface area contributed by atoms with Crippen molar-refractivity contribution in [2.45, 2.75) is 57.9 Å².